The number of benzene rings is 1. The van der Waals surface area contributed by atoms with E-state index in [9.17, 15) is 14.4 Å². The van der Waals surface area contributed by atoms with Crippen LogP contribution in [0.25, 0.3) is 10.9 Å². The first-order valence-electron chi connectivity index (χ1n) is 8.96. The van der Waals surface area contributed by atoms with Crippen LogP contribution >= 0.6 is 0 Å². The molecule has 1 aromatic heterocycles. The monoisotopic (exact) mass is 290 g/mol. The number of fused-ring (bicyclic) bond motifs is 1. The number of nitrogen functional groups attached to an aromatic ring is 1. The van der Waals surface area contributed by atoms with E-state index in [-0.39, 0.29) is 28.5 Å². The Morgan fingerprint density at radius 3 is 3.05 bits per heavy atom. The maximum atomic E-state index is 13.0. The second kappa shape index (κ2) is 4.80. The SMILES string of the molecule is [2H]Cc1nc2cc([2H])cc(N)c2c(=O)n1C1C(=O)CC(=O)C([2H])C1([2H])[2H]. The van der Waals surface area contributed by atoms with Crippen molar-refractivity contribution in [3.63, 3.8) is 0 Å². The summed E-state index contributed by atoms with van der Waals surface area (Å²) in [5.74, 6) is -1.91. The first-order chi connectivity index (χ1) is 12.1. The van der Waals surface area contributed by atoms with Crippen LogP contribution in [0.1, 0.15) is 37.9 Å². The van der Waals surface area contributed by atoms with Gasteiger partial charge in [-0.2, -0.15) is 0 Å². The van der Waals surface area contributed by atoms with Crippen LogP contribution in [-0.4, -0.2) is 21.1 Å². The summed E-state index contributed by atoms with van der Waals surface area (Å²) < 4.78 is 40.0. The Kier molecular flexibility index (Phi) is 1.99. The quantitative estimate of drug-likeness (QED) is 0.628. The second-order valence-electron chi connectivity index (χ2n) is 4.70. The number of aryl methyl sites for hydroxylation is 1. The van der Waals surface area contributed by atoms with Crippen molar-refractivity contribution in [2.24, 2.45) is 0 Å². The summed E-state index contributed by atoms with van der Waals surface area (Å²) in [6.07, 6.45) is -5.14. The van der Waals surface area contributed by atoms with Gasteiger partial charge in [0, 0.05) is 17.6 Å². The zero-order valence-electron chi connectivity index (χ0n) is 15.9. The summed E-state index contributed by atoms with van der Waals surface area (Å²) in [7, 11) is 0. The van der Waals surface area contributed by atoms with E-state index in [1.165, 1.54) is 12.1 Å². The first kappa shape index (κ1) is 8.71. The van der Waals surface area contributed by atoms with Crippen LogP contribution in [0.5, 0.6) is 0 Å². The minimum Gasteiger partial charge on any atom is -0.398 e. The van der Waals surface area contributed by atoms with Crippen molar-refractivity contribution in [2.75, 3.05) is 5.73 Å². The molecule has 1 heterocycles. The van der Waals surface area contributed by atoms with Gasteiger partial charge in [-0.1, -0.05) is 6.04 Å². The summed E-state index contributed by atoms with van der Waals surface area (Å²) >= 11 is 0. The number of anilines is 1. The average molecular weight is 290 g/mol. The number of hydrogen-bond acceptors (Lipinski definition) is 5. The van der Waals surface area contributed by atoms with E-state index in [1.807, 2.05) is 0 Å². The van der Waals surface area contributed by atoms with Crippen molar-refractivity contribution in [1.29, 1.82) is 0 Å². The molecular formula is C15H15N3O3. The van der Waals surface area contributed by atoms with Gasteiger partial charge in [-0.3, -0.25) is 19.0 Å². The maximum Gasteiger partial charge on any atom is 0.264 e. The van der Waals surface area contributed by atoms with Gasteiger partial charge in [0.2, 0.25) is 0 Å². The van der Waals surface area contributed by atoms with Crippen molar-refractivity contribution >= 4 is 28.2 Å². The number of hydrogen-bond donors (Lipinski definition) is 1. The topological polar surface area (TPSA) is 95.0 Å². The van der Waals surface area contributed by atoms with Crippen molar-refractivity contribution < 1.29 is 16.4 Å². The van der Waals surface area contributed by atoms with Crippen molar-refractivity contribution in [1.82, 2.24) is 9.55 Å². The third kappa shape index (κ3) is 2.12. The summed E-state index contributed by atoms with van der Waals surface area (Å²) in [4.78, 5) is 41.2. The molecule has 0 saturated heterocycles. The molecule has 1 aliphatic carbocycles. The molecule has 2 N–H and O–H groups in total. The predicted octanol–water partition coefficient (Wildman–Crippen LogP) is 1.15. The molecule has 21 heavy (non-hydrogen) atoms. The molecule has 1 saturated carbocycles. The molecule has 0 amide bonds. The van der Waals surface area contributed by atoms with Crippen LogP contribution in [0.2, 0.25) is 0 Å². The number of carbonyl (C=O) groups excluding carboxylic acids is 2. The number of rotatable bonds is 1. The lowest BCUT2D eigenvalue weighted by Crippen LogP contribution is -2.36. The van der Waals surface area contributed by atoms with Gasteiger partial charge in [0.1, 0.15) is 11.6 Å². The van der Waals surface area contributed by atoms with Crippen LogP contribution in [0, 0.1) is 6.90 Å². The molecule has 1 aliphatic rings. The molecule has 6 heteroatoms. The van der Waals surface area contributed by atoms with Gasteiger partial charge in [0.25, 0.3) is 5.56 Å². The minimum atomic E-state index is -2.64. The standard InChI is InChI=1S/C15H15N3O3/c1-8-17-11-4-2-3-10(16)14(11)15(21)18(8)12-6-5-9(19)7-13(12)20/h2-4,12H,5-7,16H2,1H3/i1D,2D,5D,6D2. The number of aromatic nitrogens is 2. The van der Waals surface area contributed by atoms with E-state index in [2.05, 4.69) is 4.98 Å². The lowest BCUT2D eigenvalue weighted by molar-refractivity contribution is -0.132. The zero-order chi connectivity index (χ0) is 19.4. The highest BCUT2D eigenvalue weighted by Crippen LogP contribution is 2.24. The summed E-state index contributed by atoms with van der Waals surface area (Å²) in [5, 5.41) is -0.0970. The molecule has 3 rings (SSSR count). The molecule has 2 aromatic rings. The largest absolute Gasteiger partial charge is 0.398 e. The molecular weight excluding hydrogens is 270 g/mol. The smallest absolute Gasteiger partial charge is 0.264 e. The Morgan fingerprint density at radius 1 is 1.48 bits per heavy atom. The molecule has 0 aliphatic heterocycles. The number of nitrogens with two attached hydrogens (primary N) is 1. The van der Waals surface area contributed by atoms with Crippen LogP contribution < -0.4 is 11.3 Å². The normalized spacial score (nSPS) is 28.5. The van der Waals surface area contributed by atoms with E-state index < -0.39 is 49.3 Å². The molecule has 0 spiro atoms. The van der Waals surface area contributed by atoms with Crippen LogP contribution in [0.4, 0.5) is 5.69 Å². The molecule has 2 atom stereocenters. The van der Waals surface area contributed by atoms with Crippen molar-refractivity contribution in [2.45, 2.75) is 32.1 Å². The summed E-state index contributed by atoms with van der Waals surface area (Å²) in [6.45, 7) is -0.538. The molecule has 6 nitrogen and oxygen atoms in total. The number of nitrogens with zero attached hydrogens (tertiary/aromatic N) is 2. The Balaban J connectivity index is 2.37. The van der Waals surface area contributed by atoms with E-state index in [0.29, 0.717) is 0 Å². The van der Waals surface area contributed by atoms with Gasteiger partial charge in [0.15, 0.2) is 5.78 Å². The Morgan fingerprint density at radius 2 is 2.29 bits per heavy atom. The van der Waals surface area contributed by atoms with E-state index >= 15 is 0 Å². The van der Waals surface area contributed by atoms with Crippen molar-refractivity contribution in [3.8, 4) is 0 Å². The predicted molar refractivity (Wildman–Crippen MR) is 78.1 cm³/mol. The van der Waals surface area contributed by atoms with Crippen molar-refractivity contribution in [3.05, 3.63) is 34.4 Å². The fourth-order valence-corrected chi connectivity index (χ4v) is 2.32. The third-order valence-electron chi connectivity index (χ3n) is 3.28. The minimum absolute atomic E-state index is 0.0106. The lowest BCUT2D eigenvalue weighted by atomic mass is 9.92. The summed E-state index contributed by atoms with van der Waals surface area (Å²) in [6, 6.07) is 0.772. The van der Waals surface area contributed by atoms with Gasteiger partial charge in [-0.15, -0.1) is 0 Å². The van der Waals surface area contributed by atoms with Gasteiger partial charge in [-0.05, 0) is 25.4 Å². The second-order valence-corrected chi connectivity index (χ2v) is 4.70. The van der Waals surface area contributed by atoms with Crippen LogP contribution in [0.3, 0.4) is 0 Å². The fourth-order valence-electron chi connectivity index (χ4n) is 2.32. The molecule has 1 fully saturated rings. The number of carbonyl (C=O) groups is 2. The molecule has 2 unspecified atom stereocenters. The third-order valence-corrected chi connectivity index (χ3v) is 3.28. The number of ketones is 2. The van der Waals surface area contributed by atoms with Gasteiger partial charge < -0.3 is 5.73 Å². The first-order valence-corrected chi connectivity index (χ1v) is 6.17. The van der Waals surface area contributed by atoms with E-state index in [4.69, 9.17) is 12.6 Å². The average Bonchev–Trinajstić information content (AvgIpc) is 2.53. The molecule has 108 valence electrons. The maximum absolute atomic E-state index is 13.0. The van der Waals surface area contributed by atoms with Gasteiger partial charge in [0.05, 0.1) is 24.7 Å². The highest BCUT2D eigenvalue weighted by Gasteiger charge is 2.30. The highest BCUT2D eigenvalue weighted by molar-refractivity contribution is 6.03. The summed E-state index contributed by atoms with van der Waals surface area (Å²) in [5.41, 5.74) is 4.99. The van der Waals surface area contributed by atoms with Crippen LogP contribution in [0.15, 0.2) is 23.0 Å². The Bertz CT molecular complexity index is 1000. The van der Waals surface area contributed by atoms with E-state index in [0.717, 1.165) is 4.57 Å². The van der Waals surface area contributed by atoms with Gasteiger partial charge >= 0.3 is 0 Å². The zero-order valence-corrected chi connectivity index (χ0v) is 10.9. The lowest BCUT2D eigenvalue weighted by Gasteiger charge is -2.24. The number of Topliss-reactive ketones (excluding diaryl/α,β-unsaturated/α-hetero) is 2. The Hall–Kier alpha value is -2.50. The molecule has 1 aromatic carbocycles. The van der Waals surface area contributed by atoms with Crippen LogP contribution in [-0.2, 0) is 9.59 Å². The highest BCUT2D eigenvalue weighted by atomic mass is 16.2. The molecule has 0 radical (unpaired) electrons. The van der Waals surface area contributed by atoms with Gasteiger partial charge in [-0.25, -0.2) is 4.98 Å². The fraction of sp³-hybridized carbons (Fsp3) is 0.333. The van der Waals surface area contributed by atoms with E-state index in [1.54, 1.807) is 0 Å². The molecule has 0 bridgehead atoms. The Labute approximate surface area is 127 Å².